The van der Waals surface area contributed by atoms with Crippen LogP contribution in [0.3, 0.4) is 0 Å². The zero-order chi connectivity index (χ0) is 21.0. The summed E-state index contributed by atoms with van der Waals surface area (Å²) in [5, 5.41) is 2.76. The van der Waals surface area contributed by atoms with Crippen molar-refractivity contribution in [1.82, 2.24) is 15.1 Å². The van der Waals surface area contributed by atoms with Crippen LogP contribution in [0.2, 0.25) is 0 Å². The van der Waals surface area contributed by atoms with Crippen molar-refractivity contribution in [2.75, 3.05) is 13.6 Å². The fourth-order valence-electron chi connectivity index (χ4n) is 4.68. The standard InChI is InChI=1S/C23H35N3O3/c1-16(2)25(4)19-10-11-21(17(3)14-19)26-13-12-20(22(26)27)24-23(28)29-15-18-8-6-5-7-9-18/h5-9,16-17,19-21H,10-15H2,1-4H3,(H,24,28)/t17-,19-,20+,21+/m1/s1. The first-order chi connectivity index (χ1) is 13.9. The number of carbonyl (C=O) groups is 2. The normalized spacial score (nSPS) is 27.5. The van der Waals surface area contributed by atoms with Gasteiger partial charge in [0.15, 0.2) is 0 Å². The average molecular weight is 402 g/mol. The number of amides is 2. The largest absolute Gasteiger partial charge is 0.445 e. The monoisotopic (exact) mass is 401 g/mol. The van der Waals surface area contributed by atoms with Gasteiger partial charge in [0.2, 0.25) is 5.91 Å². The predicted molar refractivity (Wildman–Crippen MR) is 113 cm³/mol. The van der Waals surface area contributed by atoms with Crippen LogP contribution < -0.4 is 5.32 Å². The van der Waals surface area contributed by atoms with E-state index in [-0.39, 0.29) is 18.6 Å². The van der Waals surface area contributed by atoms with Gasteiger partial charge in [-0.05, 0) is 58.1 Å². The Morgan fingerprint density at radius 2 is 1.97 bits per heavy atom. The molecule has 0 radical (unpaired) electrons. The van der Waals surface area contributed by atoms with Crippen LogP contribution in [-0.2, 0) is 16.1 Å². The molecule has 6 nitrogen and oxygen atoms in total. The number of carbonyl (C=O) groups excluding carboxylic acids is 2. The molecule has 2 aliphatic rings. The second-order valence-corrected chi connectivity index (χ2v) is 8.85. The van der Waals surface area contributed by atoms with E-state index in [2.05, 4.69) is 38.0 Å². The minimum absolute atomic E-state index is 0.0363. The Balaban J connectivity index is 1.49. The maximum atomic E-state index is 12.9. The number of likely N-dealkylation sites (tertiary alicyclic amines) is 1. The number of alkyl carbamates (subject to hydrolysis) is 1. The quantitative estimate of drug-likeness (QED) is 0.794. The Morgan fingerprint density at radius 1 is 1.24 bits per heavy atom. The second kappa shape index (κ2) is 9.61. The highest BCUT2D eigenvalue weighted by Gasteiger charge is 2.41. The predicted octanol–water partition coefficient (Wildman–Crippen LogP) is 3.41. The van der Waals surface area contributed by atoms with E-state index in [1.54, 1.807) is 0 Å². The number of hydrogen-bond donors (Lipinski definition) is 1. The van der Waals surface area contributed by atoms with Crippen molar-refractivity contribution < 1.29 is 14.3 Å². The lowest BCUT2D eigenvalue weighted by molar-refractivity contribution is -0.133. The van der Waals surface area contributed by atoms with Crippen molar-refractivity contribution in [1.29, 1.82) is 0 Å². The van der Waals surface area contributed by atoms with Gasteiger partial charge >= 0.3 is 6.09 Å². The number of benzene rings is 1. The smallest absolute Gasteiger partial charge is 0.408 e. The van der Waals surface area contributed by atoms with Crippen molar-refractivity contribution >= 4 is 12.0 Å². The Kier molecular flexibility index (Phi) is 7.17. The van der Waals surface area contributed by atoms with Crippen LogP contribution in [0.1, 0.15) is 52.0 Å². The maximum Gasteiger partial charge on any atom is 0.408 e. The summed E-state index contributed by atoms with van der Waals surface area (Å²) in [4.78, 5) is 29.5. The fraction of sp³-hybridized carbons (Fsp3) is 0.652. The third-order valence-electron chi connectivity index (χ3n) is 6.63. The lowest BCUT2D eigenvalue weighted by atomic mass is 9.81. The van der Waals surface area contributed by atoms with Gasteiger partial charge < -0.3 is 19.9 Å². The van der Waals surface area contributed by atoms with Crippen molar-refractivity contribution in [2.24, 2.45) is 5.92 Å². The molecule has 1 aromatic carbocycles. The summed E-state index contributed by atoms with van der Waals surface area (Å²) >= 11 is 0. The third-order valence-corrected chi connectivity index (χ3v) is 6.63. The molecular formula is C23H35N3O3. The van der Waals surface area contributed by atoms with Crippen LogP contribution in [0.15, 0.2) is 30.3 Å². The van der Waals surface area contributed by atoms with E-state index in [1.165, 1.54) is 0 Å². The van der Waals surface area contributed by atoms with Crippen LogP contribution >= 0.6 is 0 Å². The topological polar surface area (TPSA) is 61.9 Å². The van der Waals surface area contributed by atoms with Crippen molar-refractivity contribution in [3.05, 3.63) is 35.9 Å². The molecule has 3 rings (SSSR count). The van der Waals surface area contributed by atoms with Crippen molar-refractivity contribution in [3.8, 4) is 0 Å². The molecule has 29 heavy (non-hydrogen) atoms. The number of nitrogens with zero attached hydrogens (tertiary/aromatic N) is 2. The highest BCUT2D eigenvalue weighted by atomic mass is 16.5. The molecule has 1 aliphatic carbocycles. The summed E-state index contributed by atoms with van der Waals surface area (Å²) in [6.07, 6.45) is 3.38. The molecule has 1 aromatic rings. The van der Waals surface area contributed by atoms with E-state index >= 15 is 0 Å². The van der Waals surface area contributed by atoms with Gasteiger partial charge in [-0.1, -0.05) is 37.3 Å². The van der Waals surface area contributed by atoms with Gasteiger partial charge in [-0.25, -0.2) is 4.79 Å². The van der Waals surface area contributed by atoms with Gasteiger partial charge in [-0.15, -0.1) is 0 Å². The van der Waals surface area contributed by atoms with E-state index in [0.29, 0.717) is 31.0 Å². The van der Waals surface area contributed by atoms with Gasteiger partial charge in [0.25, 0.3) is 0 Å². The first-order valence-electron chi connectivity index (χ1n) is 10.9. The van der Waals surface area contributed by atoms with Crippen LogP contribution in [0, 0.1) is 5.92 Å². The lowest BCUT2D eigenvalue weighted by Crippen LogP contribution is -2.51. The van der Waals surface area contributed by atoms with Gasteiger partial charge in [0.05, 0.1) is 0 Å². The Hall–Kier alpha value is -2.08. The first kappa shape index (κ1) is 21.6. The highest BCUT2D eigenvalue weighted by molar-refractivity contribution is 5.87. The van der Waals surface area contributed by atoms with E-state index in [4.69, 9.17) is 4.74 Å². The van der Waals surface area contributed by atoms with Gasteiger partial charge in [0, 0.05) is 24.7 Å². The van der Waals surface area contributed by atoms with Crippen molar-refractivity contribution in [2.45, 2.75) is 77.2 Å². The molecule has 6 heteroatoms. The minimum atomic E-state index is -0.524. The van der Waals surface area contributed by atoms with Gasteiger partial charge in [-0.3, -0.25) is 4.79 Å². The van der Waals surface area contributed by atoms with E-state index < -0.39 is 12.1 Å². The summed E-state index contributed by atoms with van der Waals surface area (Å²) in [6.45, 7) is 7.64. The highest BCUT2D eigenvalue weighted by Crippen LogP contribution is 2.33. The lowest BCUT2D eigenvalue weighted by Gasteiger charge is -2.43. The number of hydrogen-bond acceptors (Lipinski definition) is 4. The zero-order valence-corrected chi connectivity index (χ0v) is 18.1. The maximum absolute atomic E-state index is 12.9. The van der Waals surface area contributed by atoms with Crippen LogP contribution in [0.25, 0.3) is 0 Å². The van der Waals surface area contributed by atoms with Gasteiger partial charge in [0.1, 0.15) is 12.6 Å². The molecule has 0 aromatic heterocycles. The molecule has 1 saturated heterocycles. The Labute approximate surface area is 174 Å². The molecule has 160 valence electrons. The molecule has 0 bridgehead atoms. The molecular weight excluding hydrogens is 366 g/mol. The summed E-state index contributed by atoms with van der Waals surface area (Å²) in [7, 11) is 2.20. The summed E-state index contributed by atoms with van der Waals surface area (Å²) < 4.78 is 5.28. The number of ether oxygens (including phenoxy) is 1. The Bertz CT molecular complexity index is 694. The van der Waals surface area contributed by atoms with Crippen LogP contribution in [-0.4, -0.2) is 59.6 Å². The van der Waals surface area contributed by atoms with E-state index in [1.807, 2.05) is 35.2 Å². The fourth-order valence-corrected chi connectivity index (χ4v) is 4.68. The molecule has 1 heterocycles. The third kappa shape index (κ3) is 5.30. The summed E-state index contributed by atoms with van der Waals surface area (Å²) in [6, 6.07) is 10.5. The molecule has 2 amide bonds. The minimum Gasteiger partial charge on any atom is -0.445 e. The van der Waals surface area contributed by atoms with Crippen LogP contribution in [0.4, 0.5) is 4.79 Å². The van der Waals surface area contributed by atoms with Gasteiger partial charge in [-0.2, -0.15) is 0 Å². The van der Waals surface area contributed by atoms with E-state index in [0.717, 1.165) is 24.8 Å². The van der Waals surface area contributed by atoms with Crippen LogP contribution in [0.5, 0.6) is 0 Å². The van der Waals surface area contributed by atoms with E-state index in [9.17, 15) is 9.59 Å². The number of nitrogens with one attached hydrogen (secondary N) is 1. The first-order valence-corrected chi connectivity index (χ1v) is 10.9. The molecule has 0 unspecified atom stereocenters. The summed E-state index contributed by atoms with van der Waals surface area (Å²) in [5.74, 6) is 0.497. The number of rotatable bonds is 6. The molecule has 4 atom stereocenters. The zero-order valence-electron chi connectivity index (χ0n) is 18.1. The SMILES string of the molecule is CC(C)N(C)[C@@H]1CC[C@H](N2CC[C@H](NC(=O)OCc3ccccc3)C2=O)[C@H](C)C1. The Morgan fingerprint density at radius 3 is 2.62 bits per heavy atom. The molecule has 2 fully saturated rings. The average Bonchev–Trinajstić information content (AvgIpc) is 3.06. The second-order valence-electron chi connectivity index (χ2n) is 8.85. The summed E-state index contributed by atoms with van der Waals surface area (Å²) in [5.41, 5.74) is 0.930. The van der Waals surface area contributed by atoms with Crippen molar-refractivity contribution in [3.63, 3.8) is 0 Å². The molecule has 1 aliphatic heterocycles. The molecule has 1 saturated carbocycles. The molecule has 1 N–H and O–H groups in total. The molecule has 0 spiro atoms.